The molecule has 4 amide bonds. The summed E-state index contributed by atoms with van der Waals surface area (Å²) in [7, 11) is -4.45. The lowest BCUT2D eigenvalue weighted by molar-refractivity contribution is -0.133. The third kappa shape index (κ3) is 3.33. The van der Waals surface area contributed by atoms with Gasteiger partial charge in [-0.25, -0.2) is 17.6 Å². The molecule has 0 aromatic heterocycles. The minimum absolute atomic E-state index is 0.136. The van der Waals surface area contributed by atoms with Crippen molar-refractivity contribution in [3.8, 4) is 5.75 Å². The fourth-order valence-electron chi connectivity index (χ4n) is 2.52. The first-order valence-corrected chi connectivity index (χ1v) is 9.52. The summed E-state index contributed by atoms with van der Waals surface area (Å²) in [6, 6.07) is 9.72. The van der Waals surface area contributed by atoms with E-state index in [0.29, 0.717) is 11.3 Å². The Bertz CT molecular complexity index is 1030. The first kappa shape index (κ1) is 19.5. The Morgan fingerprint density at radius 1 is 0.929 bits per heavy atom. The van der Waals surface area contributed by atoms with Crippen LogP contribution in [0.5, 0.6) is 5.75 Å². The predicted molar refractivity (Wildman–Crippen MR) is 94.4 cm³/mol. The van der Waals surface area contributed by atoms with Crippen molar-refractivity contribution in [1.82, 2.24) is 10.6 Å². The zero-order valence-electron chi connectivity index (χ0n) is 14.6. The van der Waals surface area contributed by atoms with E-state index in [0.717, 1.165) is 6.92 Å². The van der Waals surface area contributed by atoms with Crippen LogP contribution in [0, 0.1) is 5.82 Å². The number of hydrogen-bond acceptors (Lipinski definition) is 6. The van der Waals surface area contributed by atoms with Crippen LogP contribution in [0.4, 0.5) is 9.18 Å². The van der Waals surface area contributed by atoms with E-state index < -0.39 is 32.4 Å². The number of urea groups is 1. The van der Waals surface area contributed by atoms with Gasteiger partial charge < -0.3 is 4.74 Å². The highest BCUT2D eigenvalue weighted by molar-refractivity contribution is 7.94. The summed E-state index contributed by atoms with van der Waals surface area (Å²) in [5, 5.41) is 3.58. The lowest BCUT2D eigenvalue weighted by Gasteiger charge is -2.29. The zero-order valence-corrected chi connectivity index (χ0v) is 15.4. The van der Waals surface area contributed by atoms with Gasteiger partial charge in [-0.3, -0.25) is 20.2 Å². The van der Waals surface area contributed by atoms with Gasteiger partial charge in [0.1, 0.15) is 18.2 Å². The number of imide groups is 2. The largest absolute Gasteiger partial charge is 0.489 e. The molecular formula is C18H15FN2O6S. The lowest BCUT2D eigenvalue weighted by Crippen LogP contribution is -2.68. The average molecular weight is 406 g/mol. The molecule has 1 saturated heterocycles. The van der Waals surface area contributed by atoms with E-state index in [1.54, 1.807) is 22.8 Å². The molecule has 0 radical (unpaired) electrons. The molecule has 28 heavy (non-hydrogen) atoms. The average Bonchev–Trinajstić information content (AvgIpc) is 2.65. The summed E-state index contributed by atoms with van der Waals surface area (Å²) in [6.07, 6.45) is 0. The van der Waals surface area contributed by atoms with Crippen LogP contribution in [-0.2, 0) is 26.0 Å². The Morgan fingerprint density at radius 3 is 2.00 bits per heavy atom. The fourth-order valence-corrected chi connectivity index (χ4v) is 4.08. The molecule has 0 aliphatic carbocycles. The topological polar surface area (TPSA) is 119 Å². The third-order valence-electron chi connectivity index (χ3n) is 4.31. The summed E-state index contributed by atoms with van der Waals surface area (Å²) in [5.41, 5.74) is 0.714. The predicted octanol–water partition coefficient (Wildman–Crippen LogP) is 1.30. The van der Waals surface area contributed by atoms with Gasteiger partial charge in [-0.2, -0.15) is 0 Å². The second kappa shape index (κ2) is 7.04. The zero-order chi connectivity index (χ0) is 20.5. The van der Waals surface area contributed by atoms with E-state index in [2.05, 4.69) is 0 Å². The first-order chi connectivity index (χ1) is 13.1. The standard InChI is InChI=1S/C18H15FN2O6S/c1-18(15(22)20-17(24)21-16(18)23)28(25,26)14-8-6-13(7-9-14)27-10-11-2-4-12(19)5-3-11/h2-9H,10H2,1H3,(H2,20,21,22,23,24). The summed E-state index contributed by atoms with van der Waals surface area (Å²) in [6.45, 7) is 1.06. The van der Waals surface area contributed by atoms with Crippen molar-refractivity contribution in [3.63, 3.8) is 0 Å². The van der Waals surface area contributed by atoms with Gasteiger partial charge in [0.2, 0.25) is 14.6 Å². The van der Waals surface area contributed by atoms with Crippen molar-refractivity contribution in [1.29, 1.82) is 0 Å². The number of amides is 4. The highest BCUT2D eigenvalue weighted by Gasteiger charge is 2.57. The molecule has 2 N–H and O–H groups in total. The summed E-state index contributed by atoms with van der Waals surface area (Å²) in [4.78, 5) is 35.1. The molecule has 0 saturated carbocycles. The monoisotopic (exact) mass is 406 g/mol. The number of carbonyl (C=O) groups is 3. The van der Waals surface area contributed by atoms with Crippen LogP contribution < -0.4 is 15.4 Å². The van der Waals surface area contributed by atoms with Crippen molar-refractivity contribution < 1.29 is 31.9 Å². The van der Waals surface area contributed by atoms with Crippen LogP contribution in [0.1, 0.15) is 12.5 Å². The molecule has 1 fully saturated rings. The minimum atomic E-state index is -4.45. The van der Waals surface area contributed by atoms with Crippen LogP contribution in [0.3, 0.4) is 0 Å². The van der Waals surface area contributed by atoms with E-state index in [1.165, 1.54) is 36.4 Å². The molecule has 0 unspecified atom stereocenters. The van der Waals surface area contributed by atoms with E-state index in [-0.39, 0.29) is 17.3 Å². The fraction of sp³-hybridized carbons (Fsp3) is 0.167. The second-order valence-electron chi connectivity index (χ2n) is 6.16. The smallest absolute Gasteiger partial charge is 0.328 e. The van der Waals surface area contributed by atoms with Crippen molar-refractivity contribution in [2.45, 2.75) is 23.2 Å². The SMILES string of the molecule is CC1(S(=O)(=O)c2ccc(OCc3ccc(F)cc3)cc2)C(=O)NC(=O)NC1=O. The molecular weight excluding hydrogens is 391 g/mol. The Labute approximate surface area is 159 Å². The second-order valence-corrected chi connectivity index (χ2v) is 8.46. The van der Waals surface area contributed by atoms with E-state index in [9.17, 15) is 27.2 Å². The number of carbonyl (C=O) groups excluding carboxylic acids is 3. The van der Waals surface area contributed by atoms with Crippen molar-refractivity contribution >= 4 is 27.7 Å². The van der Waals surface area contributed by atoms with Gasteiger partial charge in [0, 0.05) is 0 Å². The van der Waals surface area contributed by atoms with Crippen molar-refractivity contribution in [2.24, 2.45) is 0 Å². The maximum atomic E-state index is 12.9. The normalized spacial score (nSPS) is 16.3. The summed E-state index contributed by atoms with van der Waals surface area (Å²) >= 11 is 0. The molecule has 1 heterocycles. The molecule has 8 nitrogen and oxygen atoms in total. The molecule has 2 aromatic carbocycles. The van der Waals surface area contributed by atoms with Crippen LogP contribution in [0.15, 0.2) is 53.4 Å². The summed E-state index contributed by atoms with van der Waals surface area (Å²) < 4.78 is 41.6. The van der Waals surface area contributed by atoms with Crippen LogP contribution >= 0.6 is 0 Å². The van der Waals surface area contributed by atoms with Crippen LogP contribution in [-0.4, -0.2) is 31.0 Å². The molecule has 10 heteroatoms. The molecule has 1 aliphatic heterocycles. The van der Waals surface area contributed by atoms with Crippen LogP contribution in [0.25, 0.3) is 0 Å². The molecule has 3 rings (SSSR count). The Hall–Kier alpha value is -3.27. The van der Waals surface area contributed by atoms with E-state index >= 15 is 0 Å². The maximum Gasteiger partial charge on any atom is 0.328 e. The van der Waals surface area contributed by atoms with Gasteiger partial charge >= 0.3 is 6.03 Å². The van der Waals surface area contributed by atoms with E-state index in [1.807, 2.05) is 0 Å². The highest BCUT2D eigenvalue weighted by atomic mass is 32.2. The number of sulfone groups is 1. The summed E-state index contributed by atoms with van der Waals surface area (Å²) in [5.74, 6) is -2.48. The molecule has 0 atom stereocenters. The molecule has 2 aromatic rings. The Balaban J connectivity index is 1.80. The lowest BCUT2D eigenvalue weighted by atomic mass is 10.1. The van der Waals surface area contributed by atoms with Crippen molar-refractivity contribution in [3.05, 3.63) is 59.9 Å². The minimum Gasteiger partial charge on any atom is -0.489 e. The Morgan fingerprint density at radius 2 is 1.46 bits per heavy atom. The maximum absolute atomic E-state index is 12.9. The number of ether oxygens (including phenoxy) is 1. The quantitative estimate of drug-likeness (QED) is 0.723. The number of halogens is 1. The number of hydrogen-bond donors (Lipinski definition) is 2. The van der Waals surface area contributed by atoms with Gasteiger partial charge in [0.15, 0.2) is 0 Å². The Kier molecular flexibility index (Phi) is 4.90. The van der Waals surface area contributed by atoms with Crippen LogP contribution in [0.2, 0.25) is 0 Å². The van der Waals surface area contributed by atoms with Crippen molar-refractivity contribution in [2.75, 3.05) is 0 Å². The number of benzene rings is 2. The van der Waals surface area contributed by atoms with Gasteiger partial charge in [0.05, 0.1) is 4.90 Å². The highest BCUT2D eigenvalue weighted by Crippen LogP contribution is 2.29. The first-order valence-electron chi connectivity index (χ1n) is 8.03. The van der Waals surface area contributed by atoms with Gasteiger partial charge in [0.25, 0.3) is 11.8 Å². The van der Waals surface area contributed by atoms with Gasteiger partial charge in [-0.05, 0) is 48.9 Å². The van der Waals surface area contributed by atoms with Gasteiger partial charge in [-0.1, -0.05) is 12.1 Å². The number of rotatable bonds is 5. The number of barbiturate groups is 1. The molecule has 0 spiro atoms. The van der Waals surface area contributed by atoms with Gasteiger partial charge in [-0.15, -0.1) is 0 Å². The third-order valence-corrected chi connectivity index (χ3v) is 6.65. The molecule has 0 bridgehead atoms. The van der Waals surface area contributed by atoms with E-state index in [4.69, 9.17) is 4.74 Å². The molecule has 146 valence electrons. The molecule has 1 aliphatic rings. The number of nitrogens with one attached hydrogen (secondary N) is 2.